The molecule has 1 saturated carbocycles. The number of nitrogens with two attached hydrogens (primary N) is 1. The third kappa shape index (κ3) is 4.35. The van der Waals surface area contributed by atoms with Crippen molar-refractivity contribution in [2.45, 2.75) is 39.2 Å². The molecular formula is C16H24N2O. The van der Waals surface area contributed by atoms with Crippen molar-refractivity contribution in [3.63, 3.8) is 0 Å². The highest BCUT2D eigenvalue weighted by Crippen LogP contribution is 2.28. The molecule has 1 unspecified atom stereocenters. The summed E-state index contributed by atoms with van der Waals surface area (Å²) in [5.74, 6) is 1.09. The average Bonchev–Trinajstić information content (AvgIpc) is 3.14. The van der Waals surface area contributed by atoms with E-state index >= 15 is 0 Å². The SMILES string of the molecule is CC(C)Cc1ccc(C(NCC2CC2)C(N)=O)cc1. The Bertz CT molecular complexity index is 421. The maximum atomic E-state index is 11.6. The van der Waals surface area contributed by atoms with Crippen LogP contribution in [0.5, 0.6) is 0 Å². The van der Waals surface area contributed by atoms with Gasteiger partial charge in [0, 0.05) is 0 Å². The van der Waals surface area contributed by atoms with Crippen molar-refractivity contribution in [3.05, 3.63) is 35.4 Å². The summed E-state index contributed by atoms with van der Waals surface area (Å²) in [5.41, 5.74) is 7.77. The second kappa shape index (κ2) is 6.20. The Morgan fingerprint density at radius 1 is 1.32 bits per heavy atom. The zero-order chi connectivity index (χ0) is 13.8. The number of primary amides is 1. The number of benzene rings is 1. The van der Waals surface area contributed by atoms with Gasteiger partial charge in [0.2, 0.25) is 5.91 Å². The maximum Gasteiger partial charge on any atom is 0.239 e. The van der Waals surface area contributed by atoms with Crippen LogP contribution in [0.1, 0.15) is 43.9 Å². The van der Waals surface area contributed by atoms with Crippen LogP contribution in [0.3, 0.4) is 0 Å². The van der Waals surface area contributed by atoms with E-state index in [0.717, 1.165) is 24.4 Å². The van der Waals surface area contributed by atoms with Crippen LogP contribution in [0.15, 0.2) is 24.3 Å². The van der Waals surface area contributed by atoms with Gasteiger partial charge in [-0.25, -0.2) is 0 Å². The third-order valence-corrected chi connectivity index (χ3v) is 3.55. The van der Waals surface area contributed by atoms with E-state index in [0.29, 0.717) is 5.92 Å². The number of hydrogen-bond donors (Lipinski definition) is 2. The summed E-state index contributed by atoms with van der Waals surface area (Å²) in [6.07, 6.45) is 3.61. The van der Waals surface area contributed by atoms with Gasteiger partial charge in [-0.3, -0.25) is 4.79 Å². The molecular weight excluding hydrogens is 236 g/mol. The molecule has 1 aliphatic rings. The van der Waals surface area contributed by atoms with Crippen molar-refractivity contribution in [2.24, 2.45) is 17.6 Å². The van der Waals surface area contributed by atoms with Gasteiger partial charge in [0.25, 0.3) is 0 Å². The van der Waals surface area contributed by atoms with Crippen molar-refractivity contribution in [3.8, 4) is 0 Å². The number of carbonyl (C=O) groups excluding carboxylic acids is 1. The minimum Gasteiger partial charge on any atom is -0.368 e. The van der Waals surface area contributed by atoms with Crippen LogP contribution in [0.4, 0.5) is 0 Å². The second-order valence-corrected chi connectivity index (χ2v) is 6.03. The third-order valence-electron chi connectivity index (χ3n) is 3.55. The van der Waals surface area contributed by atoms with Gasteiger partial charge >= 0.3 is 0 Å². The molecule has 3 heteroatoms. The summed E-state index contributed by atoms with van der Waals surface area (Å²) in [6.45, 7) is 5.30. The van der Waals surface area contributed by atoms with Gasteiger partial charge in [-0.1, -0.05) is 38.1 Å². The molecule has 1 aromatic rings. The Morgan fingerprint density at radius 3 is 2.42 bits per heavy atom. The molecule has 1 atom stereocenters. The van der Waals surface area contributed by atoms with Crippen LogP contribution in [0, 0.1) is 11.8 Å². The van der Waals surface area contributed by atoms with Crippen molar-refractivity contribution in [2.75, 3.05) is 6.54 Å². The lowest BCUT2D eigenvalue weighted by Gasteiger charge is -2.16. The molecule has 3 nitrogen and oxygen atoms in total. The lowest BCUT2D eigenvalue weighted by atomic mass is 9.99. The van der Waals surface area contributed by atoms with Gasteiger partial charge in [0.15, 0.2) is 0 Å². The lowest BCUT2D eigenvalue weighted by Crippen LogP contribution is -2.34. The zero-order valence-electron chi connectivity index (χ0n) is 11.9. The molecule has 1 amide bonds. The van der Waals surface area contributed by atoms with Crippen molar-refractivity contribution >= 4 is 5.91 Å². The first-order chi connectivity index (χ1) is 9.06. The molecule has 0 spiro atoms. The fourth-order valence-electron chi connectivity index (χ4n) is 2.31. The van der Waals surface area contributed by atoms with Crippen molar-refractivity contribution in [1.82, 2.24) is 5.32 Å². The van der Waals surface area contributed by atoms with Crippen LogP contribution < -0.4 is 11.1 Å². The summed E-state index contributed by atoms with van der Waals surface area (Å²) in [5, 5.41) is 3.28. The normalized spacial score (nSPS) is 16.6. The smallest absolute Gasteiger partial charge is 0.239 e. The molecule has 2 rings (SSSR count). The number of hydrogen-bond acceptors (Lipinski definition) is 2. The molecule has 3 N–H and O–H groups in total. The largest absolute Gasteiger partial charge is 0.368 e. The van der Waals surface area contributed by atoms with E-state index < -0.39 is 0 Å². The minimum atomic E-state index is -0.353. The minimum absolute atomic E-state index is 0.294. The van der Waals surface area contributed by atoms with Crippen LogP contribution >= 0.6 is 0 Å². The van der Waals surface area contributed by atoms with Gasteiger partial charge in [-0.05, 0) is 48.8 Å². The Kier molecular flexibility index (Phi) is 4.59. The summed E-state index contributed by atoms with van der Waals surface area (Å²) in [4.78, 5) is 11.6. The molecule has 0 radical (unpaired) electrons. The summed E-state index contributed by atoms with van der Waals surface area (Å²) >= 11 is 0. The highest BCUT2D eigenvalue weighted by atomic mass is 16.1. The Balaban J connectivity index is 2.01. The molecule has 1 aliphatic carbocycles. The van der Waals surface area contributed by atoms with Gasteiger partial charge in [-0.2, -0.15) is 0 Å². The van der Waals surface area contributed by atoms with E-state index in [-0.39, 0.29) is 11.9 Å². The molecule has 1 fully saturated rings. The first-order valence-electron chi connectivity index (χ1n) is 7.17. The van der Waals surface area contributed by atoms with E-state index in [4.69, 9.17) is 5.73 Å². The predicted molar refractivity (Wildman–Crippen MR) is 77.6 cm³/mol. The van der Waals surface area contributed by atoms with E-state index in [2.05, 4.69) is 31.3 Å². The van der Waals surface area contributed by atoms with Crippen molar-refractivity contribution in [1.29, 1.82) is 0 Å². The molecule has 0 saturated heterocycles. The van der Waals surface area contributed by atoms with E-state index in [1.165, 1.54) is 18.4 Å². The number of amides is 1. The van der Waals surface area contributed by atoms with Gasteiger partial charge < -0.3 is 11.1 Å². The van der Waals surface area contributed by atoms with Gasteiger partial charge in [0.05, 0.1) is 0 Å². The topological polar surface area (TPSA) is 55.1 Å². The van der Waals surface area contributed by atoms with Crippen LogP contribution in [-0.4, -0.2) is 12.5 Å². The fourth-order valence-corrected chi connectivity index (χ4v) is 2.31. The highest BCUT2D eigenvalue weighted by Gasteiger charge is 2.24. The molecule has 19 heavy (non-hydrogen) atoms. The molecule has 0 heterocycles. The van der Waals surface area contributed by atoms with E-state index in [1.807, 2.05) is 12.1 Å². The Hall–Kier alpha value is -1.35. The van der Waals surface area contributed by atoms with Gasteiger partial charge in [0.1, 0.15) is 6.04 Å². The molecule has 0 bridgehead atoms. The van der Waals surface area contributed by atoms with Crippen LogP contribution in [0.25, 0.3) is 0 Å². The number of carbonyl (C=O) groups is 1. The standard InChI is InChI=1S/C16H24N2O/c1-11(2)9-12-5-7-14(8-6-12)15(16(17)19)18-10-13-3-4-13/h5-8,11,13,15,18H,3-4,9-10H2,1-2H3,(H2,17,19). The zero-order valence-corrected chi connectivity index (χ0v) is 11.9. The number of rotatable bonds is 7. The van der Waals surface area contributed by atoms with Crippen molar-refractivity contribution < 1.29 is 4.79 Å². The summed E-state index contributed by atoms with van der Waals surface area (Å²) in [6, 6.07) is 7.89. The Labute approximate surface area is 115 Å². The van der Waals surface area contributed by atoms with Crippen LogP contribution in [0.2, 0.25) is 0 Å². The second-order valence-electron chi connectivity index (χ2n) is 6.03. The number of nitrogens with one attached hydrogen (secondary N) is 1. The van der Waals surface area contributed by atoms with Gasteiger partial charge in [-0.15, -0.1) is 0 Å². The average molecular weight is 260 g/mol. The highest BCUT2D eigenvalue weighted by molar-refractivity contribution is 5.81. The van der Waals surface area contributed by atoms with E-state index in [9.17, 15) is 4.79 Å². The van der Waals surface area contributed by atoms with Crippen LogP contribution in [-0.2, 0) is 11.2 Å². The lowest BCUT2D eigenvalue weighted by molar-refractivity contribution is -0.120. The molecule has 104 valence electrons. The molecule has 0 aromatic heterocycles. The Morgan fingerprint density at radius 2 is 1.95 bits per heavy atom. The summed E-state index contributed by atoms with van der Waals surface area (Å²) in [7, 11) is 0. The maximum absolute atomic E-state index is 11.6. The predicted octanol–water partition coefficient (Wildman–Crippen LogP) is 2.41. The molecule has 0 aliphatic heterocycles. The summed E-state index contributed by atoms with van der Waals surface area (Å²) < 4.78 is 0. The molecule has 1 aromatic carbocycles. The first kappa shape index (κ1) is 14.1. The van der Waals surface area contributed by atoms with E-state index in [1.54, 1.807) is 0 Å². The quantitative estimate of drug-likeness (QED) is 0.791. The first-order valence-corrected chi connectivity index (χ1v) is 7.17. The monoisotopic (exact) mass is 260 g/mol. The fraction of sp³-hybridized carbons (Fsp3) is 0.562.